The number of anilines is 1. The summed E-state index contributed by atoms with van der Waals surface area (Å²) in [7, 11) is 0. The van der Waals surface area contributed by atoms with Gasteiger partial charge in [0.05, 0.1) is 12.1 Å². The number of carbonyl (C=O) groups is 4. The van der Waals surface area contributed by atoms with Crippen LogP contribution in [-0.4, -0.2) is 41.2 Å². The van der Waals surface area contributed by atoms with Crippen molar-refractivity contribution in [1.82, 2.24) is 4.90 Å². The summed E-state index contributed by atoms with van der Waals surface area (Å²) in [6.07, 6.45) is -1.24. The van der Waals surface area contributed by atoms with Crippen molar-refractivity contribution < 1.29 is 28.3 Å². The highest BCUT2D eigenvalue weighted by molar-refractivity contribution is 6.11. The molecule has 0 saturated carbocycles. The third-order valence-electron chi connectivity index (χ3n) is 4.23. The molecule has 1 aliphatic heterocycles. The summed E-state index contributed by atoms with van der Waals surface area (Å²) >= 11 is 0. The zero-order valence-corrected chi connectivity index (χ0v) is 15.0. The third-order valence-corrected chi connectivity index (χ3v) is 4.23. The monoisotopic (exact) mass is 384 g/mol. The fourth-order valence-electron chi connectivity index (χ4n) is 2.77. The second kappa shape index (κ2) is 7.99. The first kappa shape index (κ1) is 19.2. The minimum absolute atomic E-state index is 0.00147. The maximum absolute atomic E-state index is 13.6. The van der Waals surface area contributed by atoms with Gasteiger partial charge in [0, 0.05) is 5.56 Å². The van der Waals surface area contributed by atoms with Gasteiger partial charge in [0.15, 0.2) is 6.10 Å². The number of rotatable bonds is 5. The van der Waals surface area contributed by atoms with Crippen LogP contribution in [0, 0.1) is 5.82 Å². The smallest absolute Gasteiger partial charge is 0.326 e. The number of nitrogens with zero attached hydrogens (tertiary/aromatic N) is 1. The predicted octanol–water partition coefficient (Wildman–Crippen LogP) is 1.92. The molecular formula is C20H17FN2O5. The molecule has 3 rings (SSSR count). The second-order valence-corrected chi connectivity index (χ2v) is 6.22. The summed E-state index contributed by atoms with van der Waals surface area (Å²) in [5.74, 6) is -3.40. The molecule has 2 aromatic carbocycles. The van der Waals surface area contributed by atoms with E-state index in [0.29, 0.717) is 11.1 Å². The van der Waals surface area contributed by atoms with Gasteiger partial charge >= 0.3 is 5.97 Å². The van der Waals surface area contributed by atoms with Crippen LogP contribution in [0.1, 0.15) is 22.8 Å². The van der Waals surface area contributed by atoms with Crippen LogP contribution in [0.5, 0.6) is 0 Å². The molecule has 0 aromatic heterocycles. The molecular weight excluding hydrogens is 367 g/mol. The summed E-state index contributed by atoms with van der Waals surface area (Å²) in [6, 6.07) is 12.2. The minimum atomic E-state index is -1.24. The van der Waals surface area contributed by atoms with Crippen LogP contribution >= 0.6 is 0 Å². The number of hydrogen-bond donors (Lipinski definition) is 1. The van der Waals surface area contributed by atoms with Gasteiger partial charge in [0.25, 0.3) is 11.8 Å². The van der Waals surface area contributed by atoms with Crippen molar-refractivity contribution in [2.45, 2.75) is 19.4 Å². The van der Waals surface area contributed by atoms with E-state index in [1.807, 2.05) is 0 Å². The molecule has 28 heavy (non-hydrogen) atoms. The number of fused-ring (bicyclic) bond motifs is 1. The molecule has 0 unspecified atom stereocenters. The van der Waals surface area contributed by atoms with Gasteiger partial charge in [-0.1, -0.05) is 30.3 Å². The van der Waals surface area contributed by atoms with E-state index in [9.17, 15) is 23.6 Å². The summed E-state index contributed by atoms with van der Waals surface area (Å²) in [5, 5.41) is 2.31. The fraction of sp³-hybridized carbons (Fsp3) is 0.200. The third kappa shape index (κ3) is 4.06. The van der Waals surface area contributed by atoms with Gasteiger partial charge in [0.2, 0.25) is 5.91 Å². The maximum atomic E-state index is 13.6. The quantitative estimate of drug-likeness (QED) is 0.628. The van der Waals surface area contributed by atoms with Crippen LogP contribution in [0.3, 0.4) is 0 Å². The van der Waals surface area contributed by atoms with E-state index in [0.717, 1.165) is 4.90 Å². The molecule has 1 atom stereocenters. The van der Waals surface area contributed by atoms with Crippen molar-refractivity contribution in [2.24, 2.45) is 0 Å². The Morgan fingerprint density at radius 2 is 1.82 bits per heavy atom. The first-order valence-electron chi connectivity index (χ1n) is 8.54. The SMILES string of the molecule is C[C@@H](OC(=O)CN1C(=O)Cc2ccccc2C1=O)C(=O)Nc1ccccc1F. The molecule has 2 aromatic rings. The predicted molar refractivity (Wildman–Crippen MR) is 96.8 cm³/mol. The number of amides is 3. The van der Waals surface area contributed by atoms with E-state index in [-0.39, 0.29) is 12.1 Å². The summed E-state index contributed by atoms with van der Waals surface area (Å²) in [4.78, 5) is 49.6. The molecule has 0 bridgehead atoms. The lowest BCUT2D eigenvalue weighted by atomic mass is 9.98. The second-order valence-electron chi connectivity index (χ2n) is 6.22. The van der Waals surface area contributed by atoms with Crippen LogP contribution < -0.4 is 5.32 Å². The number of nitrogens with one attached hydrogen (secondary N) is 1. The fourth-order valence-corrected chi connectivity index (χ4v) is 2.77. The van der Waals surface area contributed by atoms with Crippen molar-refractivity contribution in [1.29, 1.82) is 0 Å². The number of para-hydroxylation sites is 1. The number of hydrogen-bond acceptors (Lipinski definition) is 5. The number of benzene rings is 2. The Morgan fingerprint density at radius 3 is 2.57 bits per heavy atom. The molecule has 0 aliphatic carbocycles. The molecule has 8 heteroatoms. The van der Waals surface area contributed by atoms with Gasteiger partial charge in [-0.2, -0.15) is 0 Å². The Hall–Kier alpha value is -3.55. The Bertz CT molecular complexity index is 959. The molecule has 3 amide bonds. The zero-order chi connectivity index (χ0) is 20.3. The van der Waals surface area contributed by atoms with Crippen LogP contribution in [-0.2, 0) is 25.5 Å². The van der Waals surface area contributed by atoms with Gasteiger partial charge in [-0.15, -0.1) is 0 Å². The number of esters is 1. The first-order valence-corrected chi connectivity index (χ1v) is 8.54. The molecule has 144 valence electrons. The summed E-state index contributed by atoms with van der Waals surface area (Å²) in [6.45, 7) is 0.701. The van der Waals surface area contributed by atoms with Gasteiger partial charge in [-0.25, -0.2) is 4.39 Å². The van der Waals surface area contributed by atoms with Crippen LogP contribution in [0.25, 0.3) is 0 Å². The van der Waals surface area contributed by atoms with E-state index in [4.69, 9.17) is 4.74 Å². The normalized spacial score (nSPS) is 14.3. The minimum Gasteiger partial charge on any atom is -0.451 e. The average Bonchev–Trinajstić information content (AvgIpc) is 2.67. The number of ether oxygens (including phenoxy) is 1. The molecule has 0 spiro atoms. The molecule has 7 nitrogen and oxygen atoms in total. The van der Waals surface area contributed by atoms with Crippen LogP contribution in [0.15, 0.2) is 48.5 Å². The Morgan fingerprint density at radius 1 is 1.14 bits per heavy atom. The van der Waals surface area contributed by atoms with Crippen LogP contribution in [0.2, 0.25) is 0 Å². The zero-order valence-electron chi connectivity index (χ0n) is 15.0. The lowest BCUT2D eigenvalue weighted by Gasteiger charge is -2.26. The van der Waals surface area contributed by atoms with E-state index >= 15 is 0 Å². The summed E-state index contributed by atoms with van der Waals surface area (Å²) < 4.78 is 18.6. The van der Waals surface area contributed by atoms with Gasteiger partial charge < -0.3 is 10.1 Å². The number of halogens is 1. The highest BCUT2D eigenvalue weighted by Gasteiger charge is 2.33. The Balaban J connectivity index is 1.60. The molecule has 0 fully saturated rings. The number of imide groups is 1. The number of carbonyl (C=O) groups excluding carboxylic acids is 4. The van der Waals surface area contributed by atoms with Crippen molar-refractivity contribution >= 4 is 29.4 Å². The van der Waals surface area contributed by atoms with E-state index in [1.165, 1.54) is 25.1 Å². The molecule has 0 saturated heterocycles. The maximum Gasteiger partial charge on any atom is 0.326 e. The van der Waals surface area contributed by atoms with E-state index < -0.39 is 42.2 Å². The van der Waals surface area contributed by atoms with Crippen molar-refractivity contribution in [3.05, 3.63) is 65.5 Å². The lowest BCUT2D eigenvalue weighted by Crippen LogP contribution is -2.46. The first-order chi connectivity index (χ1) is 13.4. The largest absolute Gasteiger partial charge is 0.451 e. The lowest BCUT2D eigenvalue weighted by molar-refractivity contribution is -0.155. The van der Waals surface area contributed by atoms with E-state index in [1.54, 1.807) is 30.3 Å². The molecule has 1 heterocycles. The van der Waals surface area contributed by atoms with Crippen LogP contribution in [0.4, 0.5) is 10.1 Å². The highest BCUT2D eigenvalue weighted by atomic mass is 19.1. The van der Waals surface area contributed by atoms with Crippen molar-refractivity contribution in [2.75, 3.05) is 11.9 Å². The van der Waals surface area contributed by atoms with Gasteiger partial charge in [-0.3, -0.25) is 24.1 Å². The summed E-state index contributed by atoms with van der Waals surface area (Å²) in [5.41, 5.74) is 0.897. The van der Waals surface area contributed by atoms with Gasteiger partial charge in [0.1, 0.15) is 12.4 Å². The van der Waals surface area contributed by atoms with Gasteiger partial charge in [-0.05, 0) is 30.7 Å². The topological polar surface area (TPSA) is 92.8 Å². The van der Waals surface area contributed by atoms with Crippen molar-refractivity contribution in [3.8, 4) is 0 Å². The standard InChI is InChI=1S/C20H17FN2O5/c1-12(19(26)22-16-9-5-4-8-15(16)21)28-18(25)11-23-17(24)10-13-6-2-3-7-14(13)20(23)27/h2-9,12H,10-11H2,1H3,(H,22,26)/t12-/m1/s1. The van der Waals surface area contributed by atoms with E-state index in [2.05, 4.69) is 5.32 Å². The Labute approximate surface area is 160 Å². The highest BCUT2D eigenvalue weighted by Crippen LogP contribution is 2.19. The van der Waals surface area contributed by atoms with Crippen molar-refractivity contribution in [3.63, 3.8) is 0 Å². The molecule has 1 aliphatic rings. The molecule has 1 N–H and O–H groups in total. The average molecular weight is 384 g/mol. The molecule has 0 radical (unpaired) electrons. The Kier molecular flexibility index (Phi) is 5.49.